The first-order valence-electron chi connectivity index (χ1n) is 8.17. The first-order valence-corrected chi connectivity index (χ1v) is 10.2. The average Bonchev–Trinajstić information content (AvgIpc) is 3.08. The van der Waals surface area contributed by atoms with Crippen molar-refractivity contribution >= 4 is 50.4 Å². The Hall–Kier alpha value is -1.64. The zero-order valence-electron chi connectivity index (χ0n) is 13.8. The number of hydrogen-bond donors (Lipinski definition) is 1. The van der Waals surface area contributed by atoms with Crippen LogP contribution in [-0.4, -0.2) is 32.4 Å². The minimum Gasteiger partial charge on any atom is -0.358 e. The topological polar surface area (TPSA) is 64.9 Å². The van der Waals surface area contributed by atoms with Gasteiger partial charge in [-0.3, -0.25) is 4.57 Å². The first kappa shape index (κ1) is 16.8. The molecule has 1 aromatic carbocycles. The van der Waals surface area contributed by atoms with Gasteiger partial charge in [-0.25, -0.2) is 15.0 Å². The summed E-state index contributed by atoms with van der Waals surface area (Å²) in [5.41, 5.74) is 2.53. The molecule has 0 amide bonds. The molecule has 3 aromatic rings. The van der Waals surface area contributed by atoms with Crippen molar-refractivity contribution in [3.63, 3.8) is 0 Å². The minimum absolute atomic E-state index is 0.00360. The van der Waals surface area contributed by atoms with E-state index in [2.05, 4.69) is 36.2 Å². The fourth-order valence-electron chi connectivity index (χ4n) is 2.90. The second kappa shape index (κ2) is 7.31. The third kappa shape index (κ3) is 3.51. The number of nitrogens with one attached hydrogen (secondary N) is 1. The Morgan fingerprint density at radius 3 is 2.80 bits per heavy atom. The number of imidazole rings is 1. The standard InChI is InChI=1S/C17H18BrN5OS/c1-25-17-21-15(20-12-7-5-11(18)6-8-12)14-16(22-17)23(10-19-14)13-4-2-3-9-24-13/h5-8,10,13H,2-4,9H2,1H3,(H,20,21,22). The van der Waals surface area contributed by atoms with Crippen molar-refractivity contribution in [2.24, 2.45) is 0 Å². The Kier molecular flexibility index (Phi) is 4.91. The van der Waals surface area contributed by atoms with Crippen LogP contribution in [0.4, 0.5) is 11.5 Å². The van der Waals surface area contributed by atoms with E-state index >= 15 is 0 Å². The predicted molar refractivity (Wildman–Crippen MR) is 103 cm³/mol. The molecule has 1 atom stereocenters. The molecule has 1 saturated heterocycles. The monoisotopic (exact) mass is 419 g/mol. The summed E-state index contributed by atoms with van der Waals surface area (Å²) in [4.78, 5) is 13.8. The molecule has 8 heteroatoms. The lowest BCUT2D eigenvalue weighted by Crippen LogP contribution is -2.17. The molecular weight excluding hydrogens is 402 g/mol. The molecule has 1 aliphatic heterocycles. The highest BCUT2D eigenvalue weighted by Crippen LogP contribution is 2.30. The van der Waals surface area contributed by atoms with E-state index < -0.39 is 0 Å². The number of nitrogens with zero attached hydrogens (tertiary/aromatic N) is 4. The SMILES string of the molecule is CSc1nc(Nc2ccc(Br)cc2)c2ncn(C3CCCCO3)c2n1. The number of rotatable bonds is 4. The quantitative estimate of drug-likeness (QED) is 0.485. The van der Waals surface area contributed by atoms with Crippen LogP contribution in [0.3, 0.4) is 0 Å². The van der Waals surface area contributed by atoms with Gasteiger partial charge < -0.3 is 10.1 Å². The predicted octanol–water partition coefficient (Wildman–Crippen LogP) is 4.75. The molecule has 0 spiro atoms. The third-order valence-electron chi connectivity index (χ3n) is 4.16. The van der Waals surface area contributed by atoms with Gasteiger partial charge in [-0.1, -0.05) is 27.7 Å². The largest absolute Gasteiger partial charge is 0.358 e. The van der Waals surface area contributed by atoms with E-state index in [0.29, 0.717) is 11.0 Å². The normalized spacial score (nSPS) is 17.8. The molecule has 1 unspecified atom stereocenters. The molecule has 130 valence electrons. The number of halogens is 1. The third-order valence-corrected chi connectivity index (χ3v) is 5.23. The van der Waals surface area contributed by atoms with Gasteiger partial charge in [0.1, 0.15) is 6.23 Å². The molecule has 0 saturated carbocycles. The van der Waals surface area contributed by atoms with Crippen LogP contribution in [-0.2, 0) is 4.74 Å². The summed E-state index contributed by atoms with van der Waals surface area (Å²) in [5, 5.41) is 4.08. The minimum atomic E-state index is 0.00360. The van der Waals surface area contributed by atoms with Gasteiger partial charge in [-0.15, -0.1) is 0 Å². The lowest BCUT2D eigenvalue weighted by molar-refractivity contribution is -0.0298. The van der Waals surface area contributed by atoms with Crippen molar-refractivity contribution in [3.8, 4) is 0 Å². The molecule has 2 aromatic heterocycles. The summed E-state index contributed by atoms with van der Waals surface area (Å²) in [6, 6.07) is 7.98. The molecular formula is C17H18BrN5OS. The summed E-state index contributed by atoms with van der Waals surface area (Å²) in [6.45, 7) is 0.787. The molecule has 0 aliphatic carbocycles. The zero-order valence-corrected chi connectivity index (χ0v) is 16.2. The summed E-state index contributed by atoms with van der Waals surface area (Å²) in [7, 11) is 0. The Morgan fingerprint density at radius 1 is 1.24 bits per heavy atom. The highest BCUT2D eigenvalue weighted by Gasteiger charge is 2.21. The van der Waals surface area contributed by atoms with Crippen LogP contribution in [0.15, 0.2) is 40.2 Å². The Balaban J connectivity index is 1.75. The smallest absolute Gasteiger partial charge is 0.191 e. The number of benzene rings is 1. The number of aromatic nitrogens is 4. The second-order valence-electron chi connectivity index (χ2n) is 5.84. The fraction of sp³-hybridized carbons (Fsp3) is 0.353. The fourth-order valence-corrected chi connectivity index (χ4v) is 3.52. The number of fused-ring (bicyclic) bond motifs is 1. The van der Waals surface area contributed by atoms with Crippen LogP contribution >= 0.6 is 27.7 Å². The van der Waals surface area contributed by atoms with Gasteiger partial charge in [0, 0.05) is 16.8 Å². The van der Waals surface area contributed by atoms with Crippen molar-refractivity contribution in [1.29, 1.82) is 0 Å². The molecule has 3 heterocycles. The van der Waals surface area contributed by atoms with E-state index in [9.17, 15) is 0 Å². The molecule has 0 bridgehead atoms. The number of thioether (sulfide) groups is 1. The van der Waals surface area contributed by atoms with Crippen LogP contribution in [0.2, 0.25) is 0 Å². The van der Waals surface area contributed by atoms with Gasteiger partial charge in [0.25, 0.3) is 0 Å². The van der Waals surface area contributed by atoms with E-state index in [-0.39, 0.29) is 6.23 Å². The van der Waals surface area contributed by atoms with Gasteiger partial charge in [-0.05, 0) is 49.8 Å². The average molecular weight is 420 g/mol. The van der Waals surface area contributed by atoms with Crippen LogP contribution in [0.5, 0.6) is 0 Å². The second-order valence-corrected chi connectivity index (χ2v) is 7.53. The van der Waals surface area contributed by atoms with Gasteiger partial charge in [0.05, 0.1) is 6.33 Å². The van der Waals surface area contributed by atoms with E-state index in [1.54, 1.807) is 0 Å². The number of anilines is 2. The van der Waals surface area contributed by atoms with E-state index in [1.807, 2.05) is 41.4 Å². The number of hydrogen-bond acceptors (Lipinski definition) is 6. The first-order chi connectivity index (χ1) is 12.2. The van der Waals surface area contributed by atoms with E-state index in [1.165, 1.54) is 11.8 Å². The molecule has 1 fully saturated rings. The van der Waals surface area contributed by atoms with Crippen LogP contribution < -0.4 is 5.32 Å². The van der Waals surface area contributed by atoms with E-state index in [4.69, 9.17) is 4.74 Å². The van der Waals surface area contributed by atoms with Gasteiger partial charge in [0.15, 0.2) is 22.1 Å². The van der Waals surface area contributed by atoms with Gasteiger partial charge in [0.2, 0.25) is 0 Å². The van der Waals surface area contributed by atoms with Crippen molar-refractivity contribution in [1.82, 2.24) is 19.5 Å². The maximum atomic E-state index is 5.91. The lowest BCUT2D eigenvalue weighted by atomic mass is 10.2. The lowest BCUT2D eigenvalue weighted by Gasteiger charge is -2.23. The van der Waals surface area contributed by atoms with E-state index in [0.717, 1.165) is 47.2 Å². The van der Waals surface area contributed by atoms with Gasteiger partial charge >= 0.3 is 0 Å². The highest BCUT2D eigenvalue weighted by molar-refractivity contribution is 9.10. The molecule has 4 rings (SSSR count). The summed E-state index contributed by atoms with van der Waals surface area (Å²) < 4.78 is 8.97. The summed E-state index contributed by atoms with van der Waals surface area (Å²) in [5.74, 6) is 0.714. The Morgan fingerprint density at radius 2 is 2.08 bits per heavy atom. The van der Waals surface area contributed by atoms with Crippen LogP contribution in [0.1, 0.15) is 25.5 Å². The molecule has 1 N–H and O–H groups in total. The molecule has 1 aliphatic rings. The van der Waals surface area contributed by atoms with Crippen molar-refractivity contribution in [3.05, 3.63) is 35.1 Å². The summed E-state index contributed by atoms with van der Waals surface area (Å²) in [6.07, 6.45) is 7.05. The molecule has 25 heavy (non-hydrogen) atoms. The maximum absolute atomic E-state index is 5.91. The highest BCUT2D eigenvalue weighted by atomic mass is 79.9. The Labute approximate surface area is 158 Å². The van der Waals surface area contributed by atoms with Crippen LogP contribution in [0.25, 0.3) is 11.2 Å². The van der Waals surface area contributed by atoms with Crippen molar-refractivity contribution in [2.45, 2.75) is 30.6 Å². The van der Waals surface area contributed by atoms with Crippen LogP contribution in [0, 0.1) is 0 Å². The zero-order chi connectivity index (χ0) is 17.2. The Bertz CT molecular complexity index is 877. The van der Waals surface area contributed by atoms with Crippen molar-refractivity contribution in [2.75, 3.05) is 18.2 Å². The molecule has 0 radical (unpaired) electrons. The molecule has 6 nitrogen and oxygen atoms in total. The van der Waals surface area contributed by atoms with Gasteiger partial charge in [-0.2, -0.15) is 0 Å². The maximum Gasteiger partial charge on any atom is 0.191 e. The summed E-state index contributed by atoms with van der Waals surface area (Å²) >= 11 is 4.97. The number of ether oxygens (including phenoxy) is 1. The van der Waals surface area contributed by atoms with Crippen molar-refractivity contribution < 1.29 is 4.74 Å².